The molecule has 28 heavy (non-hydrogen) atoms. The quantitative estimate of drug-likeness (QED) is 0.518. The zero-order valence-electron chi connectivity index (χ0n) is 15.1. The van der Waals surface area contributed by atoms with E-state index in [1.165, 1.54) is 30.6 Å². The summed E-state index contributed by atoms with van der Waals surface area (Å²) in [6, 6.07) is 10.3. The average Bonchev–Trinajstić information content (AvgIpc) is 3.28. The minimum absolute atomic E-state index is 0.00631. The maximum Gasteiger partial charge on any atom is 0.238 e. The first-order chi connectivity index (χ1) is 13.3. The fourth-order valence-electron chi connectivity index (χ4n) is 2.84. The van der Waals surface area contributed by atoms with Crippen molar-refractivity contribution in [3.63, 3.8) is 0 Å². The number of anilines is 2. The van der Waals surface area contributed by atoms with Crippen LogP contribution in [-0.2, 0) is 17.1 Å². The van der Waals surface area contributed by atoms with Crippen molar-refractivity contribution in [3.05, 3.63) is 48.1 Å². The first kappa shape index (κ1) is 18.4. The molecule has 0 unspecified atom stereocenters. The van der Waals surface area contributed by atoms with Crippen molar-refractivity contribution < 1.29 is 13.2 Å². The Hall–Kier alpha value is -2.95. The van der Waals surface area contributed by atoms with Gasteiger partial charge in [0.15, 0.2) is 5.13 Å². The second-order valence-electron chi connectivity index (χ2n) is 6.13. The number of methoxy groups -OCH3 is 1. The van der Waals surface area contributed by atoms with Gasteiger partial charge in [0.2, 0.25) is 10.0 Å². The number of imidazole rings is 1. The molecule has 144 valence electrons. The van der Waals surface area contributed by atoms with Crippen molar-refractivity contribution in [1.82, 2.24) is 14.5 Å². The Balaban J connectivity index is 1.66. The van der Waals surface area contributed by atoms with E-state index in [-0.39, 0.29) is 4.90 Å². The third-order valence-electron chi connectivity index (χ3n) is 4.27. The topological polar surface area (TPSA) is 112 Å². The second-order valence-corrected chi connectivity index (χ2v) is 8.55. The summed E-state index contributed by atoms with van der Waals surface area (Å²) in [6.07, 6.45) is 1.77. The Labute approximate surface area is 165 Å². The highest BCUT2D eigenvalue weighted by Gasteiger charge is 2.14. The van der Waals surface area contributed by atoms with Gasteiger partial charge in [-0.15, -0.1) is 11.3 Å². The number of ether oxygens (including phenoxy) is 1. The van der Waals surface area contributed by atoms with Crippen molar-refractivity contribution in [1.29, 1.82) is 0 Å². The Morgan fingerprint density at radius 3 is 2.79 bits per heavy atom. The smallest absolute Gasteiger partial charge is 0.238 e. The molecule has 0 aliphatic heterocycles. The van der Waals surface area contributed by atoms with E-state index in [1.807, 2.05) is 35.2 Å². The first-order valence-electron chi connectivity index (χ1n) is 8.20. The summed E-state index contributed by atoms with van der Waals surface area (Å²) in [7, 11) is -0.367. The van der Waals surface area contributed by atoms with E-state index in [4.69, 9.17) is 9.88 Å². The predicted octanol–water partition coefficient (Wildman–Crippen LogP) is 3.10. The number of primary sulfonamides is 1. The number of nitrogens with zero attached hydrogens (tertiary/aromatic N) is 3. The summed E-state index contributed by atoms with van der Waals surface area (Å²) in [5, 5.41) is 10.8. The Kier molecular flexibility index (Phi) is 4.53. The van der Waals surface area contributed by atoms with E-state index >= 15 is 0 Å². The number of nitrogens with one attached hydrogen (secondary N) is 1. The SMILES string of the molecule is COc1ccc(S(N)(=O)=O)cc1Nc1nc(-c2ccc3c(c2)ncn3C)cs1. The van der Waals surface area contributed by atoms with Gasteiger partial charge in [-0.05, 0) is 30.3 Å². The lowest BCUT2D eigenvalue weighted by Crippen LogP contribution is -2.12. The number of nitrogens with two attached hydrogens (primary N) is 1. The molecule has 4 rings (SSSR count). The fourth-order valence-corrected chi connectivity index (χ4v) is 4.11. The van der Waals surface area contributed by atoms with Crippen LogP contribution < -0.4 is 15.2 Å². The van der Waals surface area contributed by atoms with E-state index in [0.29, 0.717) is 16.6 Å². The Morgan fingerprint density at radius 1 is 1.21 bits per heavy atom. The van der Waals surface area contributed by atoms with Gasteiger partial charge in [-0.3, -0.25) is 0 Å². The number of thiazole rings is 1. The summed E-state index contributed by atoms with van der Waals surface area (Å²) in [5.41, 5.74) is 4.14. The largest absolute Gasteiger partial charge is 0.495 e. The third-order valence-corrected chi connectivity index (χ3v) is 5.94. The standard InChI is InChI=1S/C18H17N5O3S2/c1-23-10-20-13-7-11(3-5-16(13)23)15-9-27-18(22-15)21-14-8-12(28(19,24)25)4-6-17(14)26-2/h3-10H,1-2H3,(H,21,22)(H2,19,24,25). The number of rotatable bonds is 5. The van der Waals surface area contributed by atoms with Crippen LogP contribution in [0.25, 0.3) is 22.3 Å². The highest BCUT2D eigenvalue weighted by atomic mass is 32.2. The van der Waals surface area contributed by atoms with Crippen LogP contribution in [0.4, 0.5) is 10.8 Å². The lowest BCUT2D eigenvalue weighted by atomic mass is 10.1. The molecular weight excluding hydrogens is 398 g/mol. The van der Waals surface area contributed by atoms with Crippen LogP contribution in [0.1, 0.15) is 0 Å². The molecule has 2 heterocycles. The van der Waals surface area contributed by atoms with Crippen molar-refractivity contribution in [3.8, 4) is 17.0 Å². The molecule has 0 radical (unpaired) electrons. The summed E-state index contributed by atoms with van der Waals surface area (Å²) >= 11 is 1.40. The number of aryl methyl sites for hydroxylation is 1. The van der Waals surface area contributed by atoms with Crippen LogP contribution in [0.2, 0.25) is 0 Å². The normalized spacial score (nSPS) is 11.7. The molecule has 3 N–H and O–H groups in total. The molecule has 0 fully saturated rings. The van der Waals surface area contributed by atoms with Crippen LogP contribution >= 0.6 is 11.3 Å². The van der Waals surface area contributed by atoms with Crippen molar-refractivity contribution in [2.45, 2.75) is 4.90 Å². The maximum absolute atomic E-state index is 11.6. The molecule has 8 nitrogen and oxygen atoms in total. The molecule has 0 saturated heterocycles. The van der Waals surface area contributed by atoms with Crippen LogP contribution in [0.3, 0.4) is 0 Å². The van der Waals surface area contributed by atoms with E-state index in [1.54, 1.807) is 12.4 Å². The molecule has 10 heteroatoms. The zero-order valence-corrected chi connectivity index (χ0v) is 16.7. The predicted molar refractivity (Wildman–Crippen MR) is 109 cm³/mol. The summed E-state index contributed by atoms with van der Waals surface area (Å²) < 4.78 is 30.5. The number of sulfonamides is 1. The molecule has 0 atom stereocenters. The molecule has 0 saturated carbocycles. The Morgan fingerprint density at radius 2 is 2.04 bits per heavy atom. The number of hydrogen-bond donors (Lipinski definition) is 2. The molecule has 0 amide bonds. The second kappa shape index (κ2) is 6.89. The summed E-state index contributed by atoms with van der Waals surface area (Å²) in [5.74, 6) is 0.485. The van der Waals surface area contributed by atoms with Crippen molar-refractivity contribution in [2.24, 2.45) is 12.2 Å². The van der Waals surface area contributed by atoms with E-state index in [0.717, 1.165) is 22.3 Å². The van der Waals surface area contributed by atoms with Gasteiger partial charge >= 0.3 is 0 Å². The number of aromatic nitrogens is 3. The van der Waals surface area contributed by atoms with Gasteiger partial charge in [0, 0.05) is 18.0 Å². The highest BCUT2D eigenvalue weighted by molar-refractivity contribution is 7.89. The third kappa shape index (κ3) is 3.44. The lowest BCUT2D eigenvalue weighted by molar-refractivity contribution is 0.416. The van der Waals surface area contributed by atoms with Gasteiger partial charge < -0.3 is 14.6 Å². The van der Waals surface area contributed by atoms with Gasteiger partial charge in [0.25, 0.3) is 0 Å². The average molecular weight is 416 g/mol. The van der Waals surface area contributed by atoms with Gasteiger partial charge in [-0.2, -0.15) is 0 Å². The minimum atomic E-state index is -3.82. The number of hydrogen-bond acceptors (Lipinski definition) is 7. The van der Waals surface area contributed by atoms with E-state index in [2.05, 4.69) is 15.3 Å². The molecule has 4 aromatic rings. The van der Waals surface area contributed by atoms with Crippen molar-refractivity contribution in [2.75, 3.05) is 12.4 Å². The number of fused-ring (bicyclic) bond motifs is 1. The lowest BCUT2D eigenvalue weighted by Gasteiger charge is -2.10. The zero-order chi connectivity index (χ0) is 19.9. The highest BCUT2D eigenvalue weighted by Crippen LogP contribution is 2.33. The van der Waals surface area contributed by atoms with E-state index in [9.17, 15) is 8.42 Å². The summed E-state index contributed by atoms with van der Waals surface area (Å²) in [6.45, 7) is 0. The van der Waals surface area contributed by atoms with Gasteiger partial charge in [-0.25, -0.2) is 23.5 Å². The molecule has 0 aliphatic rings. The first-order valence-corrected chi connectivity index (χ1v) is 10.6. The van der Waals surface area contributed by atoms with Gasteiger partial charge in [0.05, 0.1) is 40.7 Å². The van der Waals surface area contributed by atoms with Gasteiger partial charge in [-0.1, -0.05) is 6.07 Å². The molecular formula is C18H17N5O3S2. The molecule has 0 aliphatic carbocycles. The minimum Gasteiger partial charge on any atom is -0.495 e. The number of benzene rings is 2. The van der Waals surface area contributed by atoms with Crippen LogP contribution in [-0.4, -0.2) is 30.1 Å². The molecule has 2 aromatic carbocycles. The summed E-state index contributed by atoms with van der Waals surface area (Å²) in [4.78, 5) is 8.96. The van der Waals surface area contributed by atoms with Crippen LogP contribution in [0.15, 0.2) is 53.0 Å². The van der Waals surface area contributed by atoms with Crippen molar-refractivity contribution >= 4 is 43.2 Å². The Bertz CT molecular complexity index is 1280. The monoisotopic (exact) mass is 415 g/mol. The molecule has 0 bridgehead atoms. The molecule has 2 aromatic heterocycles. The molecule has 0 spiro atoms. The van der Waals surface area contributed by atoms with E-state index < -0.39 is 10.0 Å². The van der Waals surface area contributed by atoms with Crippen LogP contribution in [0.5, 0.6) is 5.75 Å². The van der Waals surface area contributed by atoms with Crippen LogP contribution in [0, 0.1) is 0 Å². The maximum atomic E-state index is 11.6. The van der Waals surface area contributed by atoms with Gasteiger partial charge in [0.1, 0.15) is 5.75 Å². The fraction of sp³-hybridized carbons (Fsp3) is 0.111.